The lowest BCUT2D eigenvalue weighted by molar-refractivity contribution is 0.578. The lowest BCUT2D eigenvalue weighted by Crippen LogP contribution is -2.26. The summed E-state index contributed by atoms with van der Waals surface area (Å²) in [6.45, 7) is 2.23. The number of nitrogens with two attached hydrogens (primary N) is 1. The van der Waals surface area contributed by atoms with Crippen molar-refractivity contribution >= 4 is 22.4 Å². The first kappa shape index (κ1) is 16.3. The van der Waals surface area contributed by atoms with Crippen LogP contribution in [0.4, 0.5) is 4.39 Å². The third-order valence-corrected chi connectivity index (χ3v) is 3.57. The predicted octanol–water partition coefficient (Wildman–Crippen LogP) is 1.18. The van der Waals surface area contributed by atoms with Crippen LogP contribution in [0, 0.1) is 12.7 Å². The summed E-state index contributed by atoms with van der Waals surface area (Å²) in [6.07, 6.45) is 0.569. The van der Waals surface area contributed by atoms with E-state index in [1.165, 1.54) is 19.1 Å². The first-order valence-electron chi connectivity index (χ1n) is 4.93. The van der Waals surface area contributed by atoms with Crippen LogP contribution in [0.1, 0.15) is 12.0 Å². The van der Waals surface area contributed by atoms with Gasteiger partial charge in [0, 0.05) is 6.54 Å². The summed E-state index contributed by atoms with van der Waals surface area (Å²) in [6, 6.07) is 3.69. The third-order valence-electron chi connectivity index (χ3n) is 2.11. The Morgan fingerprint density at radius 3 is 2.59 bits per heavy atom. The van der Waals surface area contributed by atoms with Crippen LogP contribution in [0.15, 0.2) is 23.1 Å². The molecule has 1 aromatic carbocycles. The third kappa shape index (κ3) is 4.59. The first-order chi connectivity index (χ1) is 7.47. The van der Waals surface area contributed by atoms with Crippen molar-refractivity contribution in [2.45, 2.75) is 18.2 Å². The Hall–Kier alpha value is -0.690. The molecule has 0 aliphatic heterocycles. The second-order valence-corrected chi connectivity index (χ2v) is 5.22. The average Bonchev–Trinajstić information content (AvgIpc) is 2.22. The summed E-state index contributed by atoms with van der Waals surface area (Å²) in [5, 5.41) is 0. The molecule has 98 valence electrons. The zero-order valence-corrected chi connectivity index (χ0v) is 11.1. The summed E-state index contributed by atoms with van der Waals surface area (Å²) in [7, 11) is -3.54. The molecule has 17 heavy (non-hydrogen) atoms. The molecule has 0 saturated heterocycles. The molecule has 1 rings (SSSR count). The molecule has 0 saturated carbocycles. The van der Waals surface area contributed by atoms with Crippen molar-refractivity contribution in [3.05, 3.63) is 29.6 Å². The molecule has 1 aromatic rings. The van der Waals surface area contributed by atoms with Crippen LogP contribution in [0.25, 0.3) is 0 Å². The van der Waals surface area contributed by atoms with Gasteiger partial charge in [-0.3, -0.25) is 0 Å². The highest BCUT2D eigenvalue weighted by molar-refractivity contribution is 7.89. The Morgan fingerprint density at radius 1 is 1.41 bits per heavy atom. The topological polar surface area (TPSA) is 72.2 Å². The molecule has 0 aliphatic rings. The summed E-state index contributed by atoms with van der Waals surface area (Å²) in [5.41, 5.74) is 5.56. The molecule has 0 amide bonds. The smallest absolute Gasteiger partial charge is 0.240 e. The minimum atomic E-state index is -3.54. The molecule has 0 heterocycles. The lowest BCUT2D eigenvalue weighted by Gasteiger charge is -2.07. The molecule has 0 fully saturated rings. The van der Waals surface area contributed by atoms with Gasteiger partial charge in [-0.25, -0.2) is 17.5 Å². The fourth-order valence-corrected chi connectivity index (χ4v) is 2.34. The molecule has 7 heteroatoms. The van der Waals surface area contributed by atoms with Gasteiger partial charge in [-0.1, -0.05) is 0 Å². The van der Waals surface area contributed by atoms with Crippen LogP contribution in [0.3, 0.4) is 0 Å². The molecule has 0 aromatic heterocycles. The van der Waals surface area contributed by atoms with Crippen molar-refractivity contribution in [2.75, 3.05) is 13.1 Å². The first-order valence-corrected chi connectivity index (χ1v) is 6.41. The maximum absolute atomic E-state index is 13.0. The van der Waals surface area contributed by atoms with Gasteiger partial charge in [-0.2, -0.15) is 0 Å². The van der Waals surface area contributed by atoms with Crippen molar-refractivity contribution in [3.63, 3.8) is 0 Å². The second kappa shape index (κ2) is 6.90. The number of aryl methyl sites for hydroxylation is 1. The maximum atomic E-state index is 13.0. The lowest BCUT2D eigenvalue weighted by atomic mass is 10.2. The zero-order valence-electron chi connectivity index (χ0n) is 9.44. The molecule has 0 atom stereocenters. The molecule has 4 nitrogen and oxygen atoms in total. The number of hydrogen-bond acceptors (Lipinski definition) is 3. The molecule has 3 N–H and O–H groups in total. The van der Waals surface area contributed by atoms with Gasteiger partial charge < -0.3 is 5.73 Å². The van der Waals surface area contributed by atoms with Crippen LogP contribution in [-0.2, 0) is 10.0 Å². The molecule has 0 spiro atoms. The van der Waals surface area contributed by atoms with Crippen LogP contribution in [-0.4, -0.2) is 21.5 Å². The molecule has 0 unspecified atom stereocenters. The number of halogens is 2. The maximum Gasteiger partial charge on any atom is 0.240 e. The van der Waals surface area contributed by atoms with Crippen molar-refractivity contribution in [1.29, 1.82) is 0 Å². The quantitative estimate of drug-likeness (QED) is 0.797. The summed E-state index contributed by atoms with van der Waals surface area (Å²) in [5.74, 6) is -0.416. The van der Waals surface area contributed by atoms with Gasteiger partial charge in [0.05, 0.1) is 4.90 Å². The fourth-order valence-electron chi connectivity index (χ4n) is 1.18. The fraction of sp³-hybridized carbons (Fsp3) is 0.400. The highest BCUT2D eigenvalue weighted by Crippen LogP contribution is 2.13. The van der Waals surface area contributed by atoms with E-state index in [1.54, 1.807) is 0 Å². The molecular weight excluding hydrogens is 267 g/mol. The van der Waals surface area contributed by atoms with Gasteiger partial charge in [-0.15, -0.1) is 12.4 Å². The second-order valence-electron chi connectivity index (χ2n) is 3.45. The van der Waals surface area contributed by atoms with Crippen LogP contribution >= 0.6 is 12.4 Å². The Morgan fingerprint density at radius 2 is 2.06 bits per heavy atom. The molecular formula is C10H16ClFN2O2S. The van der Waals surface area contributed by atoms with E-state index in [-0.39, 0.29) is 23.8 Å². The Kier molecular flexibility index (Phi) is 6.62. The number of nitrogens with one attached hydrogen (secondary N) is 1. The van der Waals surface area contributed by atoms with Gasteiger partial charge in [0.25, 0.3) is 0 Å². The van der Waals surface area contributed by atoms with Crippen LogP contribution < -0.4 is 10.5 Å². The van der Waals surface area contributed by atoms with E-state index in [0.29, 0.717) is 18.5 Å². The summed E-state index contributed by atoms with van der Waals surface area (Å²) < 4.78 is 38.7. The largest absolute Gasteiger partial charge is 0.330 e. The van der Waals surface area contributed by atoms with Crippen LogP contribution in [0.2, 0.25) is 0 Å². The number of hydrogen-bond donors (Lipinski definition) is 2. The highest BCUT2D eigenvalue weighted by Gasteiger charge is 2.14. The number of benzene rings is 1. The molecule has 0 bridgehead atoms. The molecule has 0 aliphatic carbocycles. The van der Waals surface area contributed by atoms with E-state index in [4.69, 9.17) is 5.73 Å². The van der Waals surface area contributed by atoms with Crippen molar-refractivity contribution in [3.8, 4) is 0 Å². The van der Waals surface area contributed by atoms with Crippen molar-refractivity contribution in [1.82, 2.24) is 4.72 Å². The summed E-state index contributed by atoms with van der Waals surface area (Å²) >= 11 is 0. The Balaban J connectivity index is 0.00000256. The van der Waals surface area contributed by atoms with Gasteiger partial charge in [0.2, 0.25) is 10.0 Å². The van der Waals surface area contributed by atoms with E-state index >= 15 is 0 Å². The number of rotatable bonds is 5. The van der Waals surface area contributed by atoms with E-state index in [9.17, 15) is 12.8 Å². The van der Waals surface area contributed by atoms with E-state index in [0.717, 1.165) is 6.07 Å². The molecule has 0 radical (unpaired) electrons. The minimum absolute atomic E-state index is 0. The van der Waals surface area contributed by atoms with E-state index in [2.05, 4.69) is 4.72 Å². The Labute approximate surface area is 107 Å². The zero-order chi connectivity index (χ0) is 12.2. The van der Waals surface area contributed by atoms with Gasteiger partial charge >= 0.3 is 0 Å². The average molecular weight is 283 g/mol. The highest BCUT2D eigenvalue weighted by atomic mass is 35.5. The van der Waals surface area contributed by atoms with Crippen molar-refractivity contribution < 1.29 is 12.8 Å². The Bertz CT molecular complexity index is 465. The van der Waals surface area contributed by atoms with Gasteiger partial charge in [0.15, 0.2) is 0 Å². The van der Waals surface area contributed by atoms with Gasteiger partial charge in [-0.05, 0) is 43.7 Å². The normalized spacial score (nSPS) is 11.0. The van der Waals surface area contributed by atoms with E-state index in [1.807, 2.05) is 0 Å². The van der Waals surface area contributed by atoms with Gasteiger partial charge in [0.1, 0.15) is 5.82 Å². The number of sulfonamides is 1. The summed E-state index contributed by atoms with van der Waals surface area (Å²) in [4.78, 5) is 0.0726. The minimum Gasteiger partial charge on any atom is -0.330 e. The van der Waals surface area contributed by atoms with Crippen LogP contribution in [0.5, 0.6) is 0 Å². The predicted molar refractivity (Wildman–Crippen MR) is 67.2 cm³/mol. The monoisotopic (exact) mass is 282 g/mol. The SMILES string of the molecule is Cc1cc(S(=O)(=O)NCCCN)ccc1F.Cl. The van der Waals surface area contributed by atoms with Crippen molar-refractivity contribution in [2.24, 2.45) is 5.73 Å². The van der Waals surface area contributed by atoms with E-state index < -0.39 is 15.8 Å². The standard InChI is InChI=1S/C10H15FN2O2S.ClH/c1-8-7-9(3-4-10(8)11)16(14,15)13-6-2-5-12;/h3-4,7,13H,2,5-6,12H2,1H3;1H.